The van der Waals surface area contributed by atoms with Crippen molar-refractivity contribution in [1.29, 1.82) is 10.5 Å². The molecule has 0 aliphatic carbocycles. The predicted octanol–water partition coefficient (Wildman–Crippen LogP) is 1.04. The van der Waals surface area contributed by atoms with Crippen LogP contribution in [0.2, 0.25) is 0 Å². The van der Waals surface area contributed by atoms with Crippen LogP contribution in [0.25, 0.3) is 0 Å². The van der Waals surface area contributed by atoms with Crippen molar-refractivity contribution in [2.45, 2.75) is 0 Å². The van der Waals surface area contributed by atoms with E-state index in [1.807, 2.05) is 19.0 Å². The molecule has 0 N–H and O–H groups in total. The Labute approximate surface area is 66.5 Å². The third-order valence-corrected chi connectivity index (χ3v) is 0.888. The Morgan fingerprint density at radius 1 is 1.27 bits per heavy atom. The summed E-state index contributed by atoms with van der Waals surface area (Å²) < 4.78 is 0. The second-order valence-electron chi connectivity index (χ2n) is 2.11. The summed E-state index contributed by atoms with van der Waals surface area (Å²) in [6.45, 7) is 0. The van der Waals surface area contributed by atoms with Gasteiger partial charge in [0, 0.05) is 14.1 Å². The van der Waals surface area contributed by atoms with Crippen LogP contribution in [0.1, 0.15) is 0 Å². The minimum Gasteiger partial charge on any atom is -0.383 e. The molecule has 0 spiro atoms. The Morgan fingerprint density at radius 3 is 2.18 bits per heavy atom. The summed E-state index contributed by atoms with van der Waals surface area (Å²) in [5, 5.41) is 16.6. The number of nitriles is 2. The molecule has 56 valence electrons. The number of hydrogen-bond acceptors (Lipinski definition) is 3. The Kier molecular flexibility index (Phi) is 4.27. The Balaban J connectivity index is 4.15. The lowest BCUT2D eigenvalue weighted by molar-refractivity contribution is 0.564. The van der Waals surface area contributed by atoms with Crippen molar-refractivity contribution in [3.05, 3.63) is 23.9 Å². The fourth-order valence-corrected chi connectivity index (χ4v) is 0.411. The van der Waals surface area contributed by atoms with Crippen LogP contribution < -0.4 is 0 Å². The van der Waals surface area contributed by atoms with E-state index in [0.29, 0.717) is 0 Å². The van der Waals surface area contributed by atoms with Crippen LogP contribution in [0.3, 0.4) is 0 Å². The number of allylic oxidation sites excluding steroid dienone is 3. The molecule has 0 saturated heterocycles. The maximum atomic E-state index is 8.30. The molecule has 0 aliphatic heterocycles. The second-order valence-corrected chi connectivity index (χ2v) is 2.11. The molecule has 0 unspecified atom stereocenters. The van der Waals surface area contributed by atoms with Gasteiger partial charge in [-0.25, -0.2) is 0 Å². The highest BCUT2D eigenvalue weighted by Gasteiger charge is 1.85. The molecule has 0 aromatic heterocycles. The van der Waals surface area contributed by atoms with E-state index < -0.39 is 0 Å². The van der Waals surface area contributed by atoms with E-state index in [2.05, 4.69) is 0 Å². The van der Waals surface area contributed by atoms with E-state index >= 15 is 0 Å². The van der Waals surface area contributed by atoms with E-state index in [4.69, 9.17) is 10.5 Å². The lowest BCUT2D eigenvalue weighted by atomic mass is 10.3. The Bertz CT molecular complexity index is 231. The Hall–Kier alpha value is -1.74. The zero-order valence-corrected chi connectivity index (χ0v) is 6.57. The summed E-state index contributed by atoms with van der Waals surface area (Å²) in [4.78, 5) is 1.82. The van der Waals surface area contributed by atoms with Crippen molar-refractivity contribution in [3.8, 4) is 12.1 Å². The third-order valence-electron chi connectivity index (χ3n) is 0.888. The summed E-state index contributed by atoms with van der Waals surface area (Å²) >= 11 is 0. The minimum atomic E-state index is 0.114. The summed E-state index contributed by atoms with van der Waals surface area (Å²) in [5.74, 6) is 0. The fourth-order valence-electron chi connectivity index (χ4n) is 0.411. The van der Waals surface area contributed by atoms with E-state index in [0.717, 1.165) is 0 Å². The second kappa shape index (κ2) is 5.08. The zero-order valence-electron chi connectivity index (χ0n) is 6.57. The molecule has 0 amide bonds. The number of rotatable bonds is 2. The summed E-state index contributed by atoms with van der Waals surface area (Å²) in [6, 6.07) is 3.51. The van der Waals surface area contributed by atoms with Crippen molar-refractivity contribution in [2.75, 3.05) is 14.1 Å². The number of hydrogen-bond donors (Lipinski definition) is 0. The highest BCUT2D eigenvalue weighted by atomic mass is 15.0. The lowest BCUT2D eigenvalue weighted by Gasteiger charge is -2.00. The molecule has 0 fully saturated rings. The van der Waals surface area contributed by atoms with Crippen LogP contribution >= 0.6 is 0 Å². The minimum absolute atomic E-state index is 0.114. The molecule has 0 bridgehead atoms. The van der Waals surface area contributed by atoms with Crippen LogP contribution in [0.4, 0.5) is 0 Å². The highest BCUT2D eigenvalue weighted by Crippen LogP contribution is 1.89. The summed E-state index contributed by atoms with van der Waals surface area (Å²) in [6.07, 6.45) is 4.89. The molecule has 0 radical (unpaired) electrons. The van der Waals surface area contributed by atoms with Gasteiger partial charge in [0.25, 0.3) is 0 Å². The Morgan fingerprint density at radius 2 is 1.82 bits per heavy atom. The van der Waals surface area contributed by atoms with Gasteiger partial charge in [-0.1, -0.05) is 0 Å². The van der Waals surface area contributed by atoms with Gasteiger partial charge >= 0.3 is 0 Å². The molecule has 0 aromatic carbocycles. The fraction of sp³-hybridized carbons (Fsp3) is 0.250. The molecule has 0 aromatic rings. The lowest BCUT2D eigenvalue weighted by Crippen LogP contribution is -1.99. The van der Waals surface area contributed by atoms with E-state index in [1.165, 1.54) is 6.08 Å². The summed E-state index contributed by atoms with van der Waals surface area (Å²) in [5.41, 5.74) is 0.114. The van der Waals surface area contributed by atoms with E-state index in [-0.39, 0.29) is 5.57 Å². The van der Waals surface area contributed by atoms with Gasteiger partial charge in [-0.2, -0.15) is 10.5 Å². The van der Waals surface area contributed by atoms with Crippen LogP contribution in [-0.2, 0) is 0 Å². The molecular formula is C8H9N3. The van der Waals surface area contributed by atoms with Crippen LogP contribution in [0, 0.1) is 22.7 Å². The standard InChI is InChI=1S/C8H9N3/c1-11(2)5-3-4-8(6-9)7-10/h3-5H,1-2H3/b5-3+. The van der Waals surface area contributed by atoms with Gasteiger partial charge < -0.3 is 4.90 Å². The molecule has 0 heterocycles. The predicted molar refractivity (Wildman–Crippen MR) is 42.1 cm³/mol. The molecule has 0 saturated carbocycles. The molecule has 0 aliphatic rings. The smallest absolute Gasteiger partial charge is 0.129 e. The molecule has 11 heavy (non-hydrogen) atoms. The van der Waals surface area contributed by atoms with Crippen molar-refractivity contribution in [1.82, 2.24) is 4.90 Å². The van der Waals surface area contributed by atoms with Gasteiger partial charge in [0.05, 0.1) is 0 Å². The van der Waals surface area contributed by atoms with Crippen LogP contribution in [0.15, 0.2) is 23.9 Å². The van der Waals surface area contributed by atoms with Crippen molar-refractivity contribution in [2.24, 2.45) is 0 Å². The highest BCUT2D eigenvalue weighted by molar-refractivity contribution is 5.37. The van der Waals surface area contributed by atoms with Gasteiger partial charge in [-0.3, -0.25) is 0 Å². The van der Waals surface area contributed by atoms with Gasteiger partial charge in [0.15, 0.2) is 0 Å². The molecule has 3 nitrogen and oxygen atoms in total. The van der Waals surface area contributed by atoms with E-state index in [1.54, 1.807) is 24.4 Å². The van der Waals surface area contributed by atoms with Crippen molar-refractivity contribution < 1.29 is 0 Å². The zero-order chi connectivity index (χ0) is 8.69. The first-order valence-electron chi connectivity index (χ1n) is 3.06. The van der Waals surface area contributed by atoms with Crippen molar-refractivity contribution in [3.63, 3.8) is 0 Å². The number of nitrogens with zero attached hydrogens (tertiary/aromatic N) is 3. The molecule has 3 heteroatoms. The van der Waals surface area contributed by atoms with Gasteiger partial charge in [0.1, 0.15) is 17.7 Å². The topological polar surface area (TPSA) is 50.8 Å². The molecular weight excluding hydrogens is 138 g/mol. The average molecular weight is 147 g/mol. The van der Waals surface area contributed by atoms with Crippen LogP contribution in [0.5, 0.6) is 0 Å². The first kappa shape index (κ1) is 9.26. The van der Waals surface area contributed by atoms with Gasteiger partial charge in [-0.15, -0.1) is 0 Å². The first-order chi connectivity index (χ1) is 5.20. The molecule has 0 rings (SSSR count). The largest absolute Gasteiger partial charge is 0.383 e. The monoisotopic (exact) mass is 147 g/mol. The molecule has 0 atom stereocenters. The SMILES string of the molecule is CN(C)/C=C/C=C(C#N)C#N. The van der Waals surface area contributed by atoms with Crippen LogP contribution in [-0.4, -0.2) is 19.0 Å². The van der Waals surface area contributed by atoms with Gasteiger partial charge in [-0.05, 0) is 18.4 Å². The maximum Gasteiger partial charge on any atom is 0.129 e. The van der Waals surface area contributed by atoms with Crippen molar-refractivity contribution >= 4 is 0 Å². The average Bonchev–Trinajstić information content (AvgIpc) is 1.98. The summed E-state index contributed by atoms with van der Waals surface area (Å²) in [7, 11) is 3.73. The normalized spacial score (nSPS) is 8.36. The van der Waals surface area contributed by atoms with Gasteiger partial charge in [0.2, 0.25) is 0 Å². The first-order valence-corrected chi connectivity index (χ1v) is 3.06. The van der Waals surface area contributed by atoms with E-state index in [9.17, 15) is 0 Å². The maximum absolute atomic E-state index is 8.30. The third kappa shape index (κ3) is 4.74. The quantitative estimate of drug-likeness (QED) is 0.433.